The molecule has 0 fully saturated rings. The number of primary sulfonamides is 1. The van der Waals surface area contributed by atoms with E-state index in [-0.39, 0.29) is 11.8 Å². The van der Waals surface area contributed by atoms with Crippen molar-refractivity contribution in [2.24, 2.45) is 4.99 Å². The summed E-state index contributed by atoms with van der Waals surface area (Å²) in [6.45, 7) is 4.24. The molecule has 1 atom stereocenters. The molecule has 0 aliphatic carbocycles. The Balaban J connectivity index is 1.93. The first-order valence-electron chi connectivity index (χ1n) is 7.98. The molecule has 0 aliphatic heterocycles. The molecule has 2 aromatic carbocycles. The van der Waals surface area contributed by atoms with Crippen LogP contribution in [0, 0.1) is 6.92 Å². The standard InChI is InChI=1S/C18H23N3O3S/c1-14-4-10-18(11-5-14)25(23,24)20-12-15(2)21(3)13-19-16-6-8-17(22)9-7-16/h4-11,13,15,20,22H,12H2,1-3H3/p+1. The van der Waals surface area contributed by atoms with Crippen molar-refractivity contribution < 1.29 is 18.2 Å². The summed E-state index contributed by atoms with van der Waals surface area (Å²) in [6.07, 6.45) is 1.66. The Bertz CT molecular complexity index is 816. The van der Waals surface area contributed by atoms with Crippen LogP contribution in [-0.2, 0) is 10.0 Å². The van der Waals surface area contributed by atoms with Crippen LogP contribution in [0.4, 0.5) is 5.69 Å². The lowest BCUT2D eigenvalue weighted by Crippen LogP contribution is -2.89. The number of aliphatic imine (C=N–C) groups is 1. The van der Waals surface area contributed by atoms with Crippen molar-refractivity contribution in [2.75, 3.05) is 13.6 Å². The average Bonchev–Trinajstić information content (AvgIpc) is 2.59. The summed E-state index contributed by atoms with van der Waals surface area (Å²) in [4.78, 5) is 6.47. The first-order chi connectivity index (χ1) is 11.8. The van der Waals surface area contributed by atoms with Gasteiger partial charge in [-0.1, -0.05) is 17.7 Å². The lowest BCUT2D eigenvalue weighted by molar-refractivity contribution is -0.501. The number of phenolic OH excluding ortho intramolecular Hbond substituents is 1. The molecule has 0 amide bonds. The maximum Gasteiger partial charge on any atom is 0.324 e. The van der Waals surface area contributed by atoms with Crippen LogP contribution < -0.4 is 4.72 Å². The molecular formula is C18H24N3O3S+. The van der Waals surface area contributed by atoms with Gasteiger partial charge in [-0.05, 0) is 50.2 Å². The van der Waals surface area contributed by atoms with Crippen LogP contribution in [0.2, 0.25) is 0 Å². The smallest absolute Gasteiger partial charge is 0.324 e. The first-order valence-corrected chi connectivity index (χ1v) is 9.53. The molecule has 1 unspecified atom stereocenters. The summed E-state index contributed by atoms with van der Waals surface area (Å²) < 4.78 is 26.1. The maximum atomic E-state index is 12.4. The molecule has 7 heteroatoms. The highest BCUT2D eigenvalue weighted by molar-refractivity contribution is 7.84. The molecule has 0 spiro atoms. The summed E-state index contributed by atoms with van der Waals surface area (Å²) >= 11 is 0. The zero-order valence-corrected chi connectivity index (χ0v) is 15.4. The van der Waals surface area contributed by atoms with E-state index in [0.29, 0.717) is 17.1 Å². The molecule has 0 radical (unpaired) electrons. The number of rotatable bonds is 7. The number of aryl methyl sites for hydroxylation is 1. The minimum Gasteiger partial charge on any atom is -0.508 e. The maximum absolute atomic E-state index is 12.4. The van der Waals surface area contributed by atoms with Gasteiger partial charge in [0.05, 0.1) is 18.1 Å². The lowest BCUT2D eigenvalue weighted by Gasteiger charge is -2.20. The predicted molar refractivity (Wildman–Crippen MR) is 98.6 cm³/mol. The van der Waals surface area contributed by atoms with Crippen molar-refractivity contribution in [1.82, 2.24) is 4.90 Å². The van der Waals surface area contributed by atoms with Gasteiger partial charge in [0, 0.05) is 7.05 Å². The third-order valence-corrected chi connectivity index (χ3v) is 5.50. The summed E-state index contributed by atoms with van der Waals surface area (Å²) in [5.41, 5.74) is 1.74. The van der Waals surface area contributed by atoms with Gasteiger partial charge in [0.25, 0.3) is 0 Å². The second-order valence-corrected chi connectivity index (χ2v) is 7.93. The zero-order valence-electron chi connectivity index (χ0n) is 14.6. The summed E-state index contributed by atoms with van der Waals surface area (Å²) in [5.74, 6) is 0.191. The molecule has 0 saturated heterocycles. The van der Waals surface area contributed by atoms with E-state index < -0.39 is 10.0 Å². The number of sulfonamides is 1. The normalized spacial score (nSPS) is 13.1. The molecule has 0 bridgehead atoms. The number of aromatic hydroxyl groups is 1. The Labute approximate surface area is 148 Å². The van der Waals surface area contributed by atoms with Crippen LogP contribution in [0.5, 0.6) is 5.75 Å². The number of hydrogen-bond acceptors (Lipinski definition) is 4. The van der Waals surface area contributed by atoms with Crippen molar-refractivity contribution in [2.45, 2.75) is 24.8 Å². The van der Waals surface area contributed by atoms with Crippen molar-refractivity contribution >= 4 is 22.0 Å². The number of quaternary nitrogens is 1. The Hall–Kier alpha value is -2.38. The monoisotopic (exact) mass is 362 g/mol. The van der Waals surface area contributed by atoms with E-state index >= 15 is 0 Å². The SMILES string of the molecule is Cc1ccc(S(=O)(=O)[NH2+]CC(C)N(C)C=Nc2ccc(O)cc2)cc1. The third kappa shape index (κ3) is 5.58. The number of nitrogens with zero attached hydrogens (tertiary/aromatic N) is 2. The van der Waals surface area contributed by atoms with Gasteiger partial charge in [0.15, 0.2) is 0 Å². The van der Waals surface area contributed by atoms with E-state index in [1.807, 2.05) is 25.8 Å². The van der Waals surface area contributed by atoms with Crippen LogP contribution in [0.25, 0.3) is 0 Å². The lowest BCUT2D eigenvalue weighted by atomic mass is 10.2. The van der Waals surface area contributed by atoms with E-state index in [4.69, 9.17) is 0 Å². The second-order valence-electron chi connectivity index (χ2n) is 6.04. The first kappa shape index (κ1) is 19.0. The number of nitrogens with two attached hydrogens (primary N) is 1. The Morgan fingerprint density at radius 2 is 1.76 bits per heavy atom. The number of hydrogen-bond donors (Lipinski definition) is 2. The Kier molecular flexibility index (Phi) is 6.17. The molecule has 0 aromatic heterocycles. The van der Waals surface area contributed by atoms with Crippen LogP contribution in [0.1, 0.15) is 12.5 Å². The van der Waals surface area contributed by atoms with Crippen molar-refractivity contribution in [3.8, 4) is 5.75 Å². The molecule has 2 aromatic rings. The van der Waals surface area contributed by atoms with Crippen molar-refractivity contribution in [3.63, 3.8) is 0 Å². The van der Waals surface area contributed by atoms with Crippen LogP contribution >= 0.6 is 0 Å². The zero-order chi connectivity index (χ0) is 18.4. The molecule has 134 valence electrons. The van der Waals surface area contributed by atoms with E-state index in [0.717, 1.165) is 5.56 Å². The van der Waals surface area contributed by atoms with Gasteiger partial charge in [0.2, 0.25) is 0 Å². The van der Waals surface area contributed by atoms with Gasteiger partial charge in [-0.25, -0.2) is 9.71 Å². The van der Waals surface area contributed by atoms with E-state index in [1.54, 1.807) is 54.9 Å². The van der Waals surface area contributed by atoms with Gasteiger partial charge in [-0.2, -0.15) is 8.42 Å². The highest BCUT2D eigenvalue weighted by Crippen LogP contribution is 2.16. The fourth-order valence-corrected chi connectivity index (χ4v) is 3.31. The van der Waals surface area contributed by atoms with Crippen LogP contribution in [-0.4, -0.2) is 44.4 Å². The second kappa shape index (κ2) is 8.13. The molecule has 0 heterocycles. The van der Waals surface area contributed by atoms with Gasteiger partial charge < -0.3 is 10.0 Å². The largest absolute Gasteiger partial charge is 0.508 e. The summed E-state index contributed by atoms with van der Waals surface area (Å²) in [5, 5.41) is 9.25. The van der Waals surface area contributed by atoms with E-state index in [2.05, 4.69) is 4.99 Å². The Morgan fingerprint density at radius 3 is 2.36 bits per heavy atom. The molecule has 0 aliphatic rings. The van der Waals surface area contributed by atoms with E-state index in [1.165, 1.54) is 4.72 Å². The average molecular weight is 362 g/mol. The number of phenols is 1. The van der Waals surface area contributed by atoms with Gasteiger partial charge in [0.1, 0.15) is 17.2 Å². The van der Waals surface area contributed by atoms with Crippen molar-refractivity contribution in [3.05, 3.63) is 54.1 Å². The molecular weight excluding hydrogens is 338 g/mol. The van der Waals surface area contributed by atoms with Crippen molar-refractivity contribution in [1.29, 1.82) is 0 Å². The third-order valence-electron chi connectivity index (χ3n) is 3.94. The topological polar surface area (TPSA) is 86.6 Å². The molecule has 2 rings (SSSR count). The fraction of sp³-hybridized carbons (Fsp3) is 0.278. The van der Waals surface area contributed by atoms with Gasteiger partial charge in [-0.3, -0.25) is 0 Å². The molecule has 6 nitrogen and oxygen atoms in total. The quantitative estimate of drug-likeness (QED) is 0.579. The van der Waals surface area contributed by atoms with E-state index in [9.17, 15) is 13.5 Å². The highest BCUT2D eigenvalue weighted by atomic mass is 32.2. The molecule has 0 saturated carbocycles. The van der Waals surface area contributed by atoms with Gasteiger partial charge in [-0.15, -0.1) is 0 Å². The fourth-order valence-electron chi connectivity index (χ4n) is 2.07. The molecule has 25 heavy (non-hydrogen) atoms. The Morgan fingerprint density at radius 1 is 1.16 bits per heavy atom. The van der Waals surface area contributed by atoms with Crippen LogP contribution in [0.15, 0.2) is 58.4 Å². The number of benzene rings is 2. The summed E-state index contributed by atoms with van der Waals surface area (Å²) in [7, 11) is -1.55. The van der Waals surface area contributed by atoms with Gasteiger partial charge >= 0.3 is 10.0 Å². The predicted octanol–water partition coefficient (Wildman–Crippen LogP) is 1.63. The highest BCUT2D eigenvalue weighted by Gasteiger charge is 2.19. The molecule has 3 N–H and O–H groups in total. The minimum atomic E-state index is -3.40. The minimum absolute atomic E-state index is 0.0268. The summed E-state index contributed by atoms with van der Waals surface area (Å²) in [6, 6.07) is 13.4. The number of likely N-dealkylation sites (N-methyl/N-ethyl adjacent to an activating group) is 1. The van der Waals surface area contributed by atoms with Crippen LogP contribution in [0.3, 0.4) is 0 Å².